The molecule has 0 bridgehead atoms. The number of hydrogen-bond donors (Lipinski definition) is 2. The van der Waals surface area contributed by atoms with E-state index < -0.39 is 5.97 Å². The molecule has 50 heavy (non-hydrogen) atoms. The van der Waals surface area contributed by atoms with E-state index in [0.717, 1.165) is 16.9 Å². The highest BCUT2D eigenvalue weighted by Crippen LogP contribution is 2.13. The van der Waals surface area contributed by atoms with Crippen LogP contribution < -0.4 is 5.32 Å². The van der Waals surface area contributed by atoms with Gasteiger partial charge in [-0.05, 0) is 72.8 Å². The molecule has 6 aromatic carbocycles. The van der Waals surface area contributed by atoms with Gasteiger partial charge in [-0.1, -0.05) is 109 Å². The summed E-state index contributed by atoms with van der Waals surface area (Å²) in [6, 6.07) is 55.4. The lowest BCUT2D eigenvalue weighted by Gasteiger charge is -2.04. The van der Waals surface area contributed by atoms with Crippen molar-refractivity contribution in [2.45, 2.75) is 0 Å². The summed E-state index contributed by atoms with van der Waals surface area (Å²) in [5, 5.41) is 11.2. The quantitative estimate of drug-likeness (QED) is 0.104. The molecule has 0 spiro atoms. The van der Waals surface area contributed by atoms with Crippen molar-refractivity contribution >= 4 is 35.1 Å². The zero-order valence-electron chi connectivity index (χ0n) is 27.8. The molecule has 0 unspecified atom stereocenters. The molecule has 6 rings (SSSR count). The van der Waals surface area contributed by atoms with Crippen molar-refractivity contribution < 1.29 is 29.0 Å². The zero-order valence-corrected chi connectivity index (χ0v) is 27.8. The number of benzene rings is 6. The molecule has 0 radical (unpaired) electrons. The number of carboxylic acids is 1. The fourth-order valence-corrected chi connectivity index (χ4v) is 4.02. The number of nitrogens with zero attached hydrogens (tertiary/aromatic N) is 1. The predicted octanol–water partition coefficient (Wildman–Crippen LogP) is 9.21. The van der Waals surface area contributed by atoms with E-state index >= 15 is 0 Å². The van der Waals surface area contributed by atoms with Crippen molar-refractivity contribution in [3.05, 3.63) is 204 Å². The molecule has 0 saturated heterocycles. The lowest BCUT2D eigenvalue weighted by molar-refractivity contribution is 0.0599. The third-order valence-electron chi connectivity index (χ3n) is 6.48. The van der Waals surface area contributed by atoms with Gasteiger partial charge in [0.2, 0.25) is 5.90 Å². The number of aliphatic imine (C=N–C) groups is 1. The Hall–Kier alpha value is -6.80. The molecule has 0 aliphatic rings. The van der Waals surface area contributed by atoms with Crippen molar-refractivity contribution in [2.24, 2.45) is 4.99 Å². The number of nitrogens with one attached hydrogen (secondary N) is 1. The van der Waals surface area contributed by atoms with Crippen molar-refractivity contribution in [1.29, 1.82) is 0 Å². The minimum atomic E-state index is -0.879. The molecule has 252 valence electrons. The fourth-order valence-electron chi connectivity index (χ4n) is 4.02. The topological polar surface area (TPSA) is 114 Å². The summed E-state index contributed by atoms with van der Waals surface area (Å²) in [5.41, 5.74) is 4.27. The van der Waals surface area contributed by atoms with Crippen LogP contribution in [-0.4, -0.2) is 43.1 Å². The van der Waals surface area contributed by atoms with Crippen molar-refractivity contribution in [2.75, 3.05) is 19.5 Å². The molecule has 8 nitrogen and oxygen atoms in total. The fraction of sp³-hybridized carbons (Fsp3) is 0.0476. The van der Waals surface area contributed by atoms with Crippen LogP contribution in [0.4, 0.5) is 11.4 Å². The van der Waals surface area contributed by atoms with Gasteiger partial charge in [-0.15, -0.1) is 0 Å². The van der Waals surface area contributed by atoms with Crippen LogP contribution in [0.15, 0.2) is 187 Å². The molecule has 1 amide bonds. The molecule has 8 heteroatoms. The standard InChI is InChI=1S/C14H13NO.C13H11NO.C8H8O2.C7H6O2/c1-16-14(12-8-4-2-5-9-12)15-13-10-6-3-7-11-13;15-13(11-7-3-1-4-8-11)14-12-9-5-2-6-10-12;1-10-8(9)7-5-3-2-4-6-7;8-7(9)6-4-2-1-3-5-6/h2-11H,1H3;1-10H,(H,14,15);2-6H,1H3;1-5H,(H,8,9). The molecular formula is C42H38N2O6. The van der Waals surface area contributed by atoms with E-state index in [4.69, 9.17) is 9.84 Å². The normalized spacial score (nSPS) is 9.84. The average Bonchev–Trinajstić information content (AvgIpc) is 3.19. The average molecular weight is 667 g/mol. The summed E-state index contributed by atoms with van der Waals surface area (Å²) in [6.45, 7) is 0. The highest BCUT2D eigenvalue weighted by molar-refractivity contribution is 6.04. The maximum Gasteiger partial charge on any atom is 0.337 e. The first kappa shape index (κ1) is 37.7. The minimum Gasteiger partial charge on any atom is -0.481 e. The number of hydrogen-bond acceptors (Lipinski definition) is 6. The van der Waals surface area contributed by atoms with E-state index in [-0.39, 0.29) is 11.9 Å². The van der Waals surface area contributed by atoms with E-state index in [9.17, 15) is 14.4 Å². The van der Waals surface area contributed by atoms with Crippen LogP contribution in [0, 0.1) is 0 Å². The number of aromatic carboxylic acids is 1. The largest absolute Gasteiger partial charge is 0.481 e. The summed E-state index contributed by atoms with van der Waals surface area (Å²) in [5.74, 6) is -0.621. The summed E-state index contributed by atoms with van der Waals surface area (Å²) in [6.07, 6.45) is 0. The Morgan fingerprint density at radius 3 is 1.26 bits per heavy atom. The second-order valence-electron chi connectivity index (χ2n) is 10.0. The van der Waals surface area contributed by atoms with E-state index in [2.05, 4.69) is 15.0 Å². The molecule has 0 aliphatic heterocycles. The smallest absolute Gasteiger partial charge is 0.337 e. The molecule has 0 fully saturated rings. The first-order valence-electron chi connectivity index (χ1n) is 15.5. The van der Waals surface area contributed by atoms with Crippen LogP contribution in [-0.2, 0) is 9.47 Å². The highest BCUT2D eigenvalue weighted by Gasteiger charge is 2.04. The molecule has 0 saturated carbocycles. The second kappa shape index (κ2) is 21.9. The number of para-hydroxylation sites is 2. The summed E-state index contributed by atoms with van der Waals surface area (Å²) in [4.78, 5) is 37.1. The zero-order chi connectivity index (χ0) is 35.8. The van der Waals surface area contributed by atoms with Crippen LogP contribution >= 0.6 is 0 Å². The van der Waals surface area contributed by atoms with Crippen LogP contribution in [0.3, 0.4) is 0 Å². The molecule has 0 atom stereocenters. The van der Waals surface area contributed by atoms with Crippen molar-refractivity contribution in [3.8, 4) is 0 Å². The number of carbonyl (C=O) groups is 3. The Morgan fingerprint density at radius 1 is 0.480 bits per heavy atom. The summed E-state index contributed by atoms with van der Waals surface area (Å²) in [7, 11) is 3.00. The first-order valence-corrected chi connectivity index (χ1v) is 15.5. The summed E-state index contributed by atoms with van der Waals surface area (Å²) >= 11 is 0. The van der Waals surface area contributed by atoms with Gasteiger partial charge in [-0.2, -0.15) is 0 Å². The Kier molecular flexibility index (Phi) is 16.5. The lowest BCUT2D eigenvalue weighted by atomic mass is 10.2. The van der Waals surface area contributed by atoms with Crippen LogP contribution in [0.2, 0.25) is 0 Å². The predicted molar refractivity (Wildman–Crippen MR) is 198 cm³/mol. The number of carbonyl (C=O) groups excluding carboxylic acids is 2. The lowest BCUT2D eigenvalue weighted by Crippen LogP contribution is -2.11. The molecule has 0 aliphatic carbocycles. The van der Waals surface area contributed by atoms with Gasteiger partial charge in [0.15, 0.2) is 0 Å². The van der Waals surface area contributed by atoms with Gasteiger partial charge in [0.1, 0.15) is 0 Å². The Bertz CT molecular complexity index is 1870. The third kappa shape index (κ3) is 13.9. The second-order valence-corrected chi connectivity index (χ2v) is 10.0. The number of anilines is 1. The maximum atomic E-state index is 11.7. The van der Waals surface area contributed by atoms with Gasteiger partial charge in [0.25, 0.3) is 5.91 Å². The van der Waals surface area contributed by atoms with Gasteiger partial charge < -0.3 is 19.9 Å². The molecule has 0 heterocycles. The number of esters is 1. The third-order valence-corrected chi connectivity index (χ3v) is 6.48. The SMILES string of the molecule is COC(=Nc1ccccc1)c1ccccc1.COC(=O)c1ccccc1.O=C(Nc1ccccc1)c1ccccc1.O=C(O)c1ccccc1. The molecule has 0 aromatic heterocycles. The number of amides is 1. The monoisotopic (exact) mass is 666 g/mol. The molecule has 6 aromatic rings. The van der Waals surface area contributed by atoms with Gasteiger partial charge in [0, 0.05) is 16.8 Å². The maximum absolute atomic E-state index is 11.7. The van der Waals surface area contributed by atoms with Crippen molar-refractivity contribution in [3.63, 3.8) is 0 Å². The Labute approximate surface area is 292 Å². The van der Waals surface area contributed by atoms with Crippen LogP contribution in [0.5, 0.6) is 0 Å². The highest BCUT2D eigenvalue weighted by atomic mass is 16.5. The van der Waals surface area contributed by atoms with Crippen LogP contribution in [0.1, 0.15) is 36.6 Å². The van der Waals surface area contributed by atoms with Gasteiger partial charge in [-0.3, -0.25) is 4.79 Å². The first-order chi connectivity index (χ1) is 24.4. The van der Waals surface area contributed by atoms with E-state index in [1.165, 1.54) is 7.11 Å². The molecular weight excluding hydrogens is 628 g/mol. The van der Waals surface area contributed by atoms with Gasteiger partial charge in [-0.25, -0.2) is 14.6 Å². The van der Waals surface area contributed by atoms with Gasteiger partial charge >= 0.3 is 11.9 Å². The minimum absolute atomic E-state index is 0.0817. The number of carboxylic acid groups (broad SMARTS) is 1. The number of methoxy groups -OCH3 is 2. The summed E-state index contributed by atoms with van der Waals surface area (Å²) < 4.78 is 9.79. The van der Waals surface area contributed by atoms with Crippen LogP contribution in [0.25, 0.3) is 0 Å². The number of ether oxygens (including phenoxy) is 2. The van der Waals surface area contributed by atoms with E-state index in [1.54, 1.807) is 73.8 Å². The Balaban J connectivity index is 0.000000185. The van der Waals surface area contributed by atoms with E-state index in [1.807, 2.05) is 115 Å². The Morgan fingerprint density at radius 2 is 0.860 bits per heavy atom. The van der Waals surface area contributed by atoms with E-state index in [0.29, 0.717) is 22.6 Å². The van der Waals surface area contributed by atoms with Crippen molar-refractivity contribution in [1.82, 2.24) is 0 Å². The number of rotatable bonds is 6. The molecule has 2 N–H and O–H groups in total. The van der Waals surface area contributed by atoms with Gasteiger partial charge in [0.05, 0.1) is 31.0 Å².